The number of nitrogens with zero attached hydrogens (tertiary/aromatic N) is 3. The molecule has 3 fully saturated rings. The van der Waals surface area contributed by atoms with Crippen LogP contribution >= 0.6 is 12.2 Å². The molecular weight excluding hydrogens is 402 g/mol. The van der Waals surface area contributed by atoms with E-state index in [9.17, 15) is 0 Å². The Labute approximate surface area is 192 Å². The zero-order valence-corrected chi connectivity index (χ0v) is 19.7. The minimum absolute atomic E-state index is 0.577. The van der Waals surface area contributed by atoms with Gasteiger partial charge in [-0.05, 0) is 79.8 Å². The summed E-state index contributed by atoms with van der Waals surface area (Å²) >= 11 is 5.55. The van der Waals surface area contributed by atoms with E-state index in [-0.39, 0.29) is 0 Å². The van der Waals surface area contributed by atoms with Crippen LogP contribution in [0.15, 0.2) is 54.6 Å². The molecule has 0 unspecified atom stereocenters. The highest BCUT2D eigenvalue weighted by atomic mass is 32.1. The van der Waals surface area contributed by atoms with Gasteiger partial charge in [0.2, 0.25) is 0 Å². The van der Waals surface area contributed by atoms with Crippen molar-refractivity contribution in [1.29, 1.82) is 0 Å². The Bertz CT molecular complexity index is 854. The van der Waals surface area contributed by atoms with E-state index in [4.69, 9.17) is 12.2 Å². The van der Waals surface area contributed by atoms with Gasteiger partial charge in [-0.2, -0.15) is 0 Å². The van der Waals surface area contributed by atoms with Crippen LogP contribution in [0.5, 0.6) is 0 Å². The maximum absolute atomic E-state index is 5.55. The lowest BCUT2D eigenvalue weighted by Crippen LogP contribution is -2.58. The third kappa shape index (κ3) is 5.49. The summed E-state index contributed by atoms with van der Waals surface area (Å²) in [5.74, 6) is 1.55. The highest BCUT2D eigenvalue weighted by Gasteiger charge is 2.40. The lowest BCUT2D eigenvalue weighted by Gasteiger charge is -2.51. The van der Waals surface area contributed by atoms with E-state index < -0.39 is 0 Å². The van der Waals surface area contributed by atoms with Crippen molar-refractivity contribution < 1.29 is 0 Å². The molecular formula is C25H35N5S. The molecule has 4 atom stereocenters. The Morgan fingerprint density at radius 1 is 1.03 bits per heavy atom. The van der Waals surface area contributed by atoms with Crippen molar-refractivity contribution in [2.24, 2.45) is 11.8 Å². The van der Waals surface area contributed by atoms with Gasteiger partial charge in [-0.25, -0.2) is 0 Å². The van der Waals surface area contributed by atoms with Crippen molar-refractivity contribution in [2.45, 2.75) is 18.9 Å². The average Bonchev–Trinajstić information content (AvgIpc) is 2.79. The summed E-state index contributed by atoms with van der Waals surface area (Å²) in [6, 6.07) is 19.7. The average molecular weight is 438 g/mol. The molecule has 0 amide bonds. The molecule has 6 heteroatoms. The number of hydrogen-bond acceptors (Lipinski definition) is 4. The van der Waals surface area contributed by atoms with Crippen molar-refractivity contribution in [1.82, 2.24) is 10.2 Å². The molecule has 0 aliphatic carbocycles. The number of benzene rings is 2. The molecule has 2 bridgehead atoms. The SMILES string of the molecule is CN(C)c1ccc(NC(=S)NC[C@H]2C[C@@H]3CC[N@@]2C[C@@H]3CN(C)c2ccccc2)cc1. The highest BCUT2D eigenvalue weighted by molar-refractivity contribution is 7.80. The van der Waals surface area contributed by atoms with E-state index in [1.807, 2.05) is 14.1 Å². The zero-order valence-electron chi connectivity index (χ0n) is 18.9. The Balaban J connectivity index is 1.24. The van der Waals surface area contributed by atoms with Crippen LogP contribution in [0.25, 0.3) is 0 Å². The number of hydrogen-bond donors (Lipinski definition) is 2. The molecule has 0 spiro atoms. The van der Waals surface area contributed by atoms with Gasteiger partial charge in [-0.15, -0.1) is 0 Å². The van der Waals surface area contributed by atoms with Gasteiger partial charge in [-0.1, -0.05) is 18.2 Å². The van der Waals surface area contributed by atoms with E-state index in [1.165, 1.54) is 37.3 Å². The van der Waals surface area contributed by atoms with Gasteiger partial charge in [-0.3, -0.25) is 4.90 Å². The van der Waals surface area contributed by atoms with Crippen LogP contribution in [-0.2, 0) is 0 Å². The van der Waals surface area contributed by atoms with E-state index in [0.29, 0.717) is 11.2 Å². The minimum Gasteiger partial charge on any atom is -0.378 e. The first-order valence-electron chi connectivity index (χ1n) is 11.3. The van der Waals surface area contributed by atoms with Crippen LogP contribution in [0, 0.1) is 11.8 Å². The largest absolute Gasteiger partial charge is 0.378 e. The van der Waals surface area contributed by atoms with Gasteiger partial charge >= 0.3 is 0 Å². The fourth-order valence-electron chi connectivity index (χ4n) is 5.04. The van der Waals surface area contributed by atoms with Crippen LogP contribution in [0.3, 0.4) is 0 Å². The minimum atomic E-state index is 0.577. The summed E-state index contributed by atoms with van der Waals surface area (Å²) in [5, 5.41) is 7.49. The van der Waals surface area contributed by atoms with E-state index in [0.717, 1.165) is 30.6 Å². The number of piperidine rings is 3. The van der Waals surface area contributed by atoms with Gasteiger partial charge in [0.1, 0.15) is 0 Å². The first-order chi connectivity index (χ1) is 15.0. The molecule has 3 aliphatic rings. The summed E-state index contributed by atoms with van der Waals surface area (Å²) in [5.41, 5.74) is 3.52. The third-order valence-corrected chi connectivity index (χ3v) is 7.11. The second kappa shape index (κ2) is 9.88. The Morgan fingerprint density at radius 2 is 1.77 bits per heavy atom. The number of rotatable bonds is 7. The number of fused-ring (bicyclic) bond motifs is 3. The summed E-state index contributed by atoms with van der Waals surface area (Å²) in [4.78, 5) is 7.18. The predicted molar refractivity (Wildman–Crippen MR) is 136 cm³/mol. The summed E-state index contributed by atoms with van der Waals surface area (Å²) in [7, 11) is 6.32. The molecule has 0 radical (unpaired) electrons. The normalized spacial score (nSPS) is 24.5. The molecule has 166 valence electrons. The van der Waals surface area contributed by atoms with E-state index >= 15 is 0 Å². The summed E-state index contributed by atoms with van der Waals surface area (Å²) < 4.78 is 0. The van der Waals surface area contributed by atoms with Gasteiger partial charge < -0.3 is 20.4 Å². The van der Waals surface area contributed by atoms with E-state index in [2.05, 4.69) is 87.0 Å². The monoisotopic (exact) mass is 437 g/mol. The smallest absolute Gasteiger partial charge is 0.170 e. The zero-order chi connectivity index (χ0) is 21.8. The highest BCUT2D eigenvalue weighted by Crippen LogP contribution is 2.36. The predicted octanol–water partition coefficient (Wildman–Crippen LogP) is 3.89. The number of thiocarbonyl (C=S) groups is 1. The molecule has 5 rings (SSSR count). The number of nitrogens with one attached hydrogen (secondary N) is 2. The van der Waals surface area contributed by atoms with E-state index in [1.54, 1.807) is 0 Å². The Hall–Kier alpha value is -2.31. The second-order valence-corrected chi connectivity index (χ2v) is 9.59. The second-order valence-electron chi connectivity index (χ2n) is 9.19. The lowest BCUT2D eigenvalue weighted by molar-refractivity contribution is 0.00667. The van der Waals surface area contributed by atoms with Gasteiger partial charge in [0, 0.05) is 63.9 Å². The lowest BCUT2D eigenvalue weighted by atomic mass is 9.75. The van der Waals surface area contributed by atoms with Crippen molar-refractivity contribution in [2.75, 3.05) is 62.4 Å². The maximum Gasteiger partial charge on any atom is 0.170 e. The topological polar surface area (TPSA) is 33.8 Å². The molecule has 31 heavy (non-hydrogen) atoms. The Kier molecular flexibility index (Phi) is 6.98. The fourth-order valence-corrected chi connectivity index (χ4v) is 5.24. The van der Waals surface area contributed by atoms with Crippen molar-refractivity contribution in [3.8, 4) is 0 Å². The van der Waals surface area contributed by atoms with Crippen LogP contribution in [0.4, 0.5) is 17.1 Å². The van der Waals surface area contributed by atoms with Gasteiger partial charge in [0.15, 0.2) is 5.11 Å². The number of para-hydroxylation sites is 1. The fraction of sp³-hybridized carbons (Fsp3) is 0.480. The summed E-state index contributed by atoms with van der Waals surface area (Å²) in [6.45, 7) is 4.46. The molecule has 3 aliphatic heterocycles. The first kappa shape index (κ1) is 21.9. The van der Waals surface area contributed by atoms with Crippen molar-refractivity contribution in [3.05, 3.63) is 54.6 Å². The molecule has 0 aromatic heterocycles. The molecule has 2 aromatic carbocycles. The third-order valence-electron chi connectivity index (χ3n) is 6.86. The van der Waals surface area contributed by atoms with Gasteiger partial charge in [0.25, 0.3) is 0 Å². The molecule has 5 nitrogen and oxygen atoms in total. The molecule has 2 N–H and O–H groups in total. The summed E-state index contributed by atoms with van der Waals surface area (Å²) in [6.07, 6.45) is 2.59. The van der Waals surface area contributed by atoms with Crippen molar-refractivity contribution in [3.63, 3.8) is 0 Å². The molecule has 3 heterocycles. The quantitative estimate of drug-likeness (QED) is 0.640. The number of anilines is 3. The molecule has 0 saturated carbocycles. The van der Waals surface area contributed by atoms with Crippen LogP contribution in [-0.4, -0.2) is 63.4 Å². The molecule has 2 aromatic rings. The van der Waals surface area contributed by atoms with Gasteiger partial charge in [0.05, 0.1) is 0 Å². The Morgan fingerprint density at radius 3 is 2.42 bits per heavy atom. The maximum atomic E-state index is 5.55. The van der Waals surface area contributed by atoms with Crippen molar-refractivity contribution >= 4 is 34.4 Å². The van der Waals surface area contributed by atoms with Crippen LogP contribution in [0.2, 0.25) is 0 Å². The molecule has 3 saturated heterocycles. The van der Waals surface area contributed by atoms with Crippen LogP contribution < -0.4 is 20.4 Å². The standard InChI is InChI=1S/C25H35N5S/c1-28(2)22-11-9-21(10-12-22)27-25(31)26-16-24-15-19-13-14-30(24)18-20(19)17-29(3)23-7-5-4-6-8-23/h4-12,19-20,24H,13-18H2,1-3H3,(H2,26,27,31)/t19-,20-,24+/m0/s1. The van der Waals surface area contributed by atoms with Crippen LogP contribution in [0.1, 0.15) is 12.8 Å². The first-order valence-corrected chi connectivity index (χ1v) is 11.7.